The molecule has 172 valence electrons. The van der Waals surface area contributed by atoms with Crippen molar-refractivity contribution in [2.45, 2.75) is 71.9 Å². The van der Waals surface area contributed by atoms with E-state index in [9.17, 15) is 0 Å². The lowest BCUT2D eigenvalue weighted by Gasteiger charge is -2.16. The Morgan fingerprint density at radius 1 is 1.16 bits per heavy atom. The minimum Gasteiger partial charge on any atom is -0.376 e. The SMILES string of the molecule is CCNC(=NCc1ccc(-n2nc(C)cc2C)nc1)NCCOC1CCCCCC1.I. The van der Waals surface area contributed by atoms with Crippen molar-refractivity contribution in [3.63, 3.8) is 0 Å². The quantitative estimate of drug-likeness (QED) is 0.172. The smallest absolute Gasteiger partial charge is 0.191 e. The molecule has 0 aliphatic heterocycles. The molecule has 0 amide bonds. The maximum Gasteiger partial charge on any atom is 0.191 e. The third-order valence-corrected chi connectivity index (χ3v) is 5.35. The molecule has 1 aliphatic rings. The van der Waals surface area contributed by atoms with Crippen LogP contribution in [0.15, 0.2) is 29.4 Å². The van der Waals surface area contributed by atoms with Crippen molar-refractivity contribution in [3.05, 3.63) is 41.3 Å². The Hall–Kier alpha value is -1.68. The Morgan fingerprint density at radius 2 is 1.94 bits per heavy atom. The van der Waals surface area contributed by atoms with Gasteiger partial charge in [0.05, 0.1) is 24.9 Å². The third kappa shape index (κ3) is 8.40. The van der Waals surface area contributed by atoms with Crippen LogP contribution in [0.2, 0.25) is 0 Å². The summed E-state index contributed by atoms with van der Waals surface area (Å²) in [6, 6.07) is 6.10. The van der Waals surface area contributed by atoms with Gasteiger partial charge in [0.15, 0.2) is 11.8 Å². The molecule has 0 aromatic carbocycles. The summed E-state index contributed by atoms with van der Waals surface area (Å²) >= 11 is 0. The van der Waals surface area contributed by atoms with Gasteiger partial charge >= 0.3 is 0 Å². The minimum atomic E-state index is 0. The third-order valence-electron chi connectivity index (χ3n) is 5.35. The van der Waals surface area contributed by atoms with Crippen molar-refractivity contribution in [3.8, 4) is 5.82 Å². The van der Waals surface area contributed by atoms with Crippen molar-refractivity contribution in [2.75, 3.05) is 19.7 Å². The Balaban J connectivity index is 0.00000341. The standard InChI is InChI=1S/C23H36N6O.HI/c1-4-24-23(25-13-14-30-21-9-7-5-6-8-10-21)27-17-20-11-12-22(26-16-20)29-19(3)15-18(2)28-29;/h11-12,15-16,21H,4-10,13-14,17H2,1-3H3,(H2,24,25,27);1H. The largest absolute Gasteiger partial charge is 0.376 e. The van der Waals surface area contributed by atoms with Gasteiger partial charge in [-0.25, -0.2) is 14.7 Å². The van der Waals surface area contributed by atoms with Crippen LogP contribution in [0.5, 0.6) is 0 Å². The predicted octanol–water partition coefficient (Wildman–Crippen LogP) is 4.30. The first-order chi connectivity index (χ1) is 14.7. The number of rotatable bonds is 8. The summed E-state index contributed by atoms with van der Waals surface area (Å²) in [4.78, 5) is 9.24. The van der Waals surface area contributed by atoms with Gasteiger partial charge in [-0.15, -0.1) is 24.0 Å². The normalized spacial score (nSPS) is 15.3. The summed E-state index contributed by atoms with van der Waals surface area (Å²) in [6.07, 6.45) is 10.0. The van der Waals surface area contributed by atoms with Crippen LogP contribution in [0, 0.1) is 13.8 Å². The van der Waals surface area contributed by atoms with Crippen LogP contribution in [-0.2, 0) is 11.3 Å². The molecule has 1 aliphatic carbocycles. The summed E-state index contributed by atoms with van der Waals surface area (Å²) in [5, 5.41) is 11.2. The average Bonchev–Trinajstić information content (AvgIpc) is 2.93. The molecule has 2 aromatic heterocycles. The van der Waals surface area contributed by atoms with Gasteiger partial charge in [0.25, 0.3) is 0 Å². The van der Waals surface area contributed by atoms with E-state index in [1.165, 1.54) is 38.5 Å². The molecule has 0 unspecified atom stereocenters. The van der Waals surface area contributed by atoms with Crippen LogP contribution < -0.4 is 10.6 Å². The minimum absolute atomic E-state index is 0. The fourth-order valence-corrected chi connectivity index (χ4v) is 3.81. The lowest BCUT2D eigenvalue weighted by atomic mass is 10.1. The Labute approximate surface area is 203 Å². The van der Waals surface area contributed by atoms with Gasteiger partial charge in [-0.05, 0) is 51.3 Å². The van der Waals surface area contributed by atoms with Gasteiger partial charge in [-0.2, -0.15) is 5.10 Å². The molecule has 1 saturated carbocycles. The second-order valence-corrected chi connectivity index (χ2v) is 7.97. The fourth-order valence-electron chi connectivity index (χ4n) is 3.81. The molecule has 3 rings (SSSR count). The van der Waals surface area contributed by atoms with Crippen molar-refractivity contribution in [1.82, 2.24) is 25.4 Å². The van der Waals surface area contributed by atoms with E-state index in [0.29, 0.717) is 19.3 Å². The van der Waals surface area contributed by atoms with Gasteiger partial charge in [-0.1, -0.05) is 31.7 Å². The lowest BCUT2D eigenvalue weighted by Crippen LogP contribution is -2.39. The zero-order valence-corrected chi connectivity index (χ0v) is 21.4. The molecule has 0 saturated heterocycles. The van der Waals surface area contributed by atoms with Crippen LogP contribution >= 0.6 is 24.0 Å². The van der Waals surface area contributed by atoms with E-state index in [1.54, 1.807) is 0 Å². The predicted molar refractivity (Wildman–Crippen MR) is 137 cm³/mol. The number of halogens is 1. The van der Waals surface area contributed by atoms with Crippen molar-refractivity contribution in [1.29, 1.82) is 0 Å². The number of pyridine rings is 1. The van der Waals surface area contributed by atoms with Crippen molar-refractivity contribution in [2.24, 2.45) is 4.99 Å². The summed E-state index contributed by atoms with van der Waals surface area (Å²) in [5.74, 6) is 1.64. The molecule has 1 fully saturated rings. The number of aromatic nitrogens is 3. The molecular weight excluding hydrogens is 503 g/mol. The van der Waals surface area contributed by atoms with Gasteiger partial charge in [0.2, 0.25) is 0 Å². The highest BCUT2D eigenvalue weighted by molar-refractivity contribution is 14.0. The van der Waals surface area contributed by atoms with Crippen LogP contribution in [0.4, 0.5) is 0 Å². The second-order valence-electron chi connectivity index (χ2n) is 7.97. The number of aryl methyl sites for hydroxylation is 2. The van der Waals surface area contributed by atoms with Crippen LogP contribution in [-0.4, -0.2) is 46.5 Å². The Bertz CT molecular complexity index is 797. The first-order valence-electron chi connectivity index (χ1n) is 11.3. The van der Waals surface area contributed by atoms with E-state index in [2.05, 4.69) is 38.7 Å². The Morgan fingerprint density at radius 3 is 2.55 bits per heavy atom. The number of nitrogens with zero attached hydrogens (tertiary/aromatic N) is 4. The highest BCUT2D eigenvalue weighted by atomic mass is 127. The summed E-state index contributed by atoms with van der Waals surface area (Å²) in [7, 11) is 0. The zero-order chi connectivity index (χ0) is 21.2. The van der Waals surface area contributed by atoms with E-state index >= 15 is 0 Å². The molecule has 0 atom stereocenters. The van der Waals surface area contributed by atoms with Crippen molar-refractivity contribution >= 4 is 29.9 Å². The highest BCUT2D eigenvalue weighted by Crippen LogP contribution is 2.19. The van der Waals surface area contributed by atoms with E-state index < -0.39 is 0 Å². The second kappa shape index (κ2) is 13.7. The van der Waals surface area contributed by atoms with E-state index in [-0.39, 0.29) is 24.0 Å². The topological polar surface area (TPSA) is 76.4 Å². The molecular formula is C23H37IN6O. The van der Waals surface area contributed by atoms with Gasteiger partial charge in [0.1, 0.15) is 0 Å². The maximum atomic E-state index is 6.06. The Kier molecular flexibility index (Phi) is 11.3. The number of guanidine groups is 1. The molecule has 2 heterocycles. The average molecular weight is 540 g/mol. The molecule has 31 heavy (non-hydrogen) atoms. The molecule has 0 bridgehead atoms. The van der Waals surface area contributed by atoms with Gasteiger partial charge in [-0.3, -0.25) is 0 Å². The molecule has 7 nitrogen and oxygen atoms in total. The maximum absolute atomic E-state index is 6.06. The van der Waals surface area contributed by atoms with Crippen LogP contribution in [0.25, 0.3) is 5.82 Å². The van der Waals surface area contributed by atoms with Crippen LogP contribution in [0.3, 0.4) is 0 Å². The molecule has 0 radical (unpaired) electrons. The summed E-state index contributed by atoms with van der Waals surface area (Å²) < 4.78 is 7.92. The van der Waals surface area contributed by atoms with Gasteiger partial charge in [0, 0.05) is 25.0 Å². The number of hydrogen-bond acceptors (Lipinski definition) is 4. The molecule has 2 aromatic rings. The highest BCUT2D eigenvalue weighted by Gasteiger charge is 2.12. The van der Waals surface area contributed by atoms with Gasteiger partial charge < -0.3 is 15.4 Å². The number of ether oxygens (including phenoxy) is 1. The first kappa shape index (κ1) is 25.6. The summed E-state index contributed by atoms with van der Waals surface area (Å²) in [5.41, 5.74) is 3.13. The van der Waals surface area contributed by atoms with E-state index in [1.807, 2.05) is 36.9 Å². The van der Waals surface area contributed by atoms with E-state index in [4.69, 9.17) is 4.74 Å². The number of aliphatic imine (C=N–C) groups is 1. The summed E-state index contributed by atoms with van der Waals surface area (Å²) in [6.45, 7) is 8.97. The lowest BCUT2D eigenvalue weighted by molar-refractivity contribution is 0.0468. The molecule has 2 N–H and O–H groups in total. The zero-order valence-electron chi connectivity index (χ0n) is 19.1. The fraction of sp³-hybridized carbons (Fsp3) is 0.609. The number of nitrogens with one attached hydrogen (secondary N) is 2. The van der Waals surface area contributed by atoms with Crippen molar-refractivity contribution < 1.29 is 4.74 Å². The monoisotopic (exact) mass is 540 g/mol. The molecule has 8 heteroatoms. The first-order valence-corrected chi connectivity index (χ1v) is 11.3. The van der Waals surface area contributed by atoms with Crippen LogP contribution in [0.1, 0.15) is 62.4 Å². The van der Waals surface area contributed by atoms with E-state index in [0.717, 1.165) is 41.8 Å². The number of hydrogen-bond donors (Lipinski definition) is 2. The molecule has 0 spiro atoms.